The number of anilines is 1. The summed E-state index contributed by atoms with van der Waals surface area (Å²) in [7, 11) is 0. The minimum Gasteiger partial charge on any atom is -0.394 e. The molecule has 0 saturated heterocycles. The number of hydrazone groups is 1. The second kappa shape index (κ2) is 6.00. The lowest BCUT2D eigenvalue weighted by molar-refractivity contribution is 0.250. The van der Waals surface area contributed by atoms with Gasteiger partial charge in [0.2, 0.25) is 0 Å². The maximum atomic E-state index is 9.76. The van der Waals surface area contributed by atoms with E-state index in [1.807, 2.05) is 47.5 Å². The van der Waals surface area contributed by atoms with Crippen molar-refractivity contribution in [3.05, 3.63) is 64.6 Å². The number of benzene rings is 2. The lowest BCUT2D eigenvalue weighted by Gasteiger charge is -2.24. The van der Waals surface area contributed by atoms with Crippen LogP contribution < -0.4 is 5.01 Å². The second-order valence-corrected chi connectivity index (χ2v) is 6.13. The molecule has 21 heavy (non-hydrogen) atoms. The van der Waals surface area contributed by atoms with Crippen molar-refractivity contribution < 1.29 is 5.11 Å². The molecule has 3 nitrogen and oxygen atoms in total. The van der Waals surface area contributed by atoms with Crippen molar-refractivity contribution in [3.8, 4) is 0 Å². The molecule has 0 unspecified atom stereocenters. The summed E-state index contributed by atoms with van der Waals surface area (Å²) in [5.41, 5.74) is 3.13. The Morgan fingerprint density at radius 2 is 1.76 bits per heavy atom. The quantitative estimate of drug-likeness (QED) is 0.921. The molecule has 1 heterocycles. The Hall–Kier alpha value is -1.65. The highest BCUT2D eigenvalue weighted by atomic mass is 79.9. The van der Waals surface area contributed by atoms with E-state index in [0.717, 1.165) is 21.4 Å². The van der Waals surface area contributed by atoms with Gasteiger partial charge in [0.1, 0.15) is 0 Å². The molecule has 0 aliphatic carbocycles. The number of nitrogens with zero attached hydrogens (tertiary/aromatic N) is 2. The van der Waals surface area contributed by atoms with Gasteiger partial charge in [-0.25, -0.2) is 0 Å². The number of aliphatic hydroxyl groups is 1. The number of hydrogen-bond acceptors (Lipinski definition) is 3. The fourth-order valence-electron chi connectivity index (χ4n) is 2.68. The van der Waals surface area contributed by atoms with Gasteiger partial charge in [-0.15, -0.1) is 0 Å². The molecule has 4 heteroatoms. The molecule has 2 atom stereocenters. The van der Waals surface area contributed by atoms with E-state index < -0.39 is 0 Å². The van der Waals surface area contributed by atoms with Crippen molar-refractivity contribution in [1.82, 2.24) is 0 Å². The molecule has 2 aromatic carbocycles. The van der Waals surface area contributed by atoms with Crippen LogP contribution in [-0.4, -0.2) is 23.5 Å². The van der Waals surface area contributed by atoms with Crippen molar-refractivity contribution in [2.24, 2.45) is 11.0 Å². The van der Waals surface area contributed by atoms with Crippen molar-refractivity contribution in [1.29, 1.82) is 0 Å². The Bertz CT molecular complexity index is 640. The first-order valence-electron chi connectivity index (χ1n) is 7.00. The van der Waals surface area contributed by atoms with Crippen molar-refractivity contribution in [3.63, 3.8) is 0 Å². The lowest BCUT2D eigenvalue weighted by atomic mass is 9.93. The summed E-state index contributed by atoms with van der Waals surface area (Å²) in [6.45, 7) is 2.20. The van der Waals surface area contributed by atoms with Gasteiger partial charge in [-0.05, 0) is 29.8 Å². The van der Waals surface area contributed by atoms with Gasteiger partial charge in [0, 0.05) is 10.4 Å². The highest BCUT2D eigenvalue weighted by Crippen LogP contribution is 2.31. The molecule has 0 radical (unpaired) electrons. The van der Waals surface area contributed by atoms with Crippen LogP contribution in [0.2, 0.25) is 0 Å². The minimum atomic E-state index is -0.0265. The van der Waals surface area contributed by atoms with E-state index in [1.165, 1.54) is 0 Å². The minimum absolute atomic E-state index is 0.0265. The summed E-state index contributed by atoms with van der Waals surface area (Å²) in [4.78, 5) is 0. The Balaban J connectivity index is 1.99. The van der Waals surface area contributed by atoms with Crippen LogP contribution in [0.3, 0.4) is 0 Å². The van der Waals surface area contributed by atoms with Gasteiger partial charge in [-0.3, -0.25) is 5.01 Å². The standard InChI is InChI=1S/C17H17BrN2O/c1-12-16(11-21)20(15-9-7-14(18)8-10-15)19-17(12)13-5-3-2-4-6-13/h2-10,12,16,21H,11H2,1H3/t12-,16-/m0/s1. The smallest absolute Gasteiger partial charge is 0.0838 e. The molecule has 0 saturated carbocycles. The Morgan fingerprint density at radius 3 is 2.38 bits per heavy atom. The van der Waals surface area contributed by atoms with E-state index in [-0.39, 0.29) is 18.6 Å². The molecule has 3 rings (SSSR count). The van der Waals surface area contributed by atoms with Crippen molar-refractivity contribution in [2.45, 2.75) is 13.0 Å². The zero-order valence-corrected chi connectivity index (χ0v) is 13.4. The van der Waals surface area contributed by atoms with Crippen LogP contribution in [0, 0.1) is 5.92 Å². The van der Waals surface area contributed by atoms with E-state index in [2.05, 4.69) is 35.0 Å². The van der Waals surface area contributed by atoms with E-state index in [4.69, 9.17) is 5.10 Å². The number of halogens is 1. The lowest BCUT2D eigenvalue weighted by Crippen LogP contribution is -2.35. The highest BCUT2D eigenvalue weighted by molar-refractivity contribution is 9.10. The van der Waals surface area contributed by atoms with E-state index >= 15 is 0 Å². The first-order valence-corrected chi connectivity index (χ1v) is 7.79. The molecular formula is C17H17BrN2O. The van der Waals surface area contributed by atoms with Gasteiger partial charge in [0.25, 0.3) is 0 Å². The molecule has 2 aromatic rings. The third kappa shape index (κ3) is 2.74. The number of rotatable bonds is 3. The van der Waals surface area contributed by atoms with Crippen LogP contribution in [0.25, 0.3) is 0 Å². The number of hydrogen-bond donors (Lipinski definition) is 1. The molecule has 0 spiro atoms. The fraction of sp³-hybridized carbons (Fsp3) is 0.235. The first kappa shape index (κ1) is 14.3. The predicted molar refractivity (Wildman–Crippen MR) is 89.6 cm³/mol. The zero-order chi connectivity index (χ0) is 14.8. The van der Waals surface area contributed by atoms with Gasteiger partial charge >= 0.3 is 0 Å². The van der Waals surface area contributed by atoms with Gasteiger partial charge in [0.15, 0.2) is 0 Å². The molecular weight excluding hydrogens is 328 g/mol. The predicted octanol–water partition coefficient (Wildman–Crippen LogP) is 3.67. The van der Waals surface area contributed by atoms with Gasteiger partial charge in [0.05, 0.1) is 24.0 Å². The largest absolute Gasteiger partial charge is 0.394 e. The summed E-state index contributed by atoms with van der Waals surface area (Å²) >= 11 is 3.44. The van der Waals surface area contributed by atoms with Crippen LogP contribution >= 0.6 is 15.9 Å². The molecule has 1 aliphatic rings. The van der Waals surface area contributed by atoms with Gasteiger partial charge in [-0.1, -0.05) is 53.2 Å². The monoisotopic (exact) mass is 344 g/mol. The number of aliphatic hydroxyl groups excluding tert-OH is 1. The highest BCUT2D eigenvalue weighted by Gasteiger charge is 2.34. The normalized spacial score (nSPS) is 21.5. The third-order valence-corrected chi connectivity index (χ3v) is 4.41. The second-order valence-electron chi connectivity index (χ2n) is 5.21. The molecule has 0 amide bonds. The van der Waals surface area contributed by atoms with Crippen molar-refractivity contribution >= 4 is 27.3 Å². The zero-order valence-electron chi connectivity index (χ0n) is 11.8. The molecule has 108 valence electrons. The van der Waals surface area contributed by atoms with E-state index in [0.29, 0.717) is 0 Å². The van der Waals surface area contributed by atoms with E-state index in [9.17, 15) is 5.11 Å². The topological polar surface area (TPSA) is 35.8 Å². The van der Waals surface area contributed by atoms with Crippen LogP contribution in [-0.2, 0) is 0 Å². The fourth-order valence-corrected chi connectivity index (χ4v) is 2.95. The SMILES string of the molecule is C[C@@H]1C(c2ccccc2)=NN(c2ccc(Br)cc2)[C@H]1CO. The maximum absolute atomic E-state index is 9.76. The Kier molecular flexibility index (Phi) is 4.08. The van der Waals surface area contributed by atoms with Crippen LogP contribution in [0.5, 0.6) is 0 Å². The van der Waals surface area contributed by atoms with E-state index in [1.54, 1.807) is 0 Å². The molecule has 1 N–H and O–H groups in total. The summed E-state index contributed by atoms with van der Waals surface area (Å²) < 4.78 is 1.03. The molecule has 0 bridgehead atoms. The maximum Gasteiger partial charge on any atom is 0.0838 e. The summed E-state index contributed by atoms with van der Waals surface area (Å²) in [5.74, 6) is 0.182. The van der Waals surface area contributed by atoms with Crippen LogP contribution in [0.1, 0.15) is 12.5 Å². The first-order chi connectivity index (χ1) is 10.2. The van der Waals surface area contributed by atoms with Gasteiger partial charge in [-0.2, -0.15) is 5.10 Å². The average molecular weight is 345 g/mol. The van der Waals surface area contributed by atoms with Crippen LogP contribution in [0.15, 0.2) is 64.2 Å². The van der Waals surface area contributed by atoms with Crippen LogP contribution in [0.4, 0.5) is 5.69 Å². The summed E-state index contributed by atoms with van der Waals surface area (Å²) in [5, 5.41) is 16.5. The Morgan fingerprint density at radius 1 is 1.10 bits per heavy atom. The summed E-state index contributed by atoms with van der Waals surface area (Å²) in [6, 6.07) is 18.1. The van der Waals surface area contributed by atoms with Crippen molar-refractivity contribution in [2.75, 3.05) is 11.6 Å². The molecule has 1 aliphatic heterocycles. The average Bonchev–Trinajstić information content (AvgIpc) is 2.85. The molecule has 0 fully saturated rings. The summed E-state index contributed by atoms with van der Waals surface area (Å²) in [6.07, 6.45) is 0. The molecule has 0 aromatic heterocycles. The van der Waals surface area contributed by atoms with Gasteiger partial charge < -0.3 is 5.11 Å². The third-order valence-electron chi connectivity index (χ3n) is 3.89. The Labute approximate surface area is 133 Å².